The summed E-state index contributed by atoms with van der Waals surface area (Å²) in [7, 11) is 0. The monoisotopic (exact) mass is 225 g/mol. The number of hydrogen-bond acceptors (Lipinski definition) is 2. The molecule has 3 nitrogen and oxygen atoms in total. The summed E-state index contributed by atoms with van der Waals surface area (Å²) in [5.41, 5.74) is 0.298. The van der Waals surface area contributed by atoms with Crippen LogP contribution in [0.25, 0.3) is 0 Å². The van der Waals surface area contributed by atoms with Crippen LogP contribution in [0.2, 0.25) is 0 Å². The van der Waals surface area contributed by atoms with Crippen molar-refractivity contribution < 1.29 is 14.3 Å². The minimum atomic E-state index is -1.12. The Hall–Kier alpha value is -1.58. The third kappa shape index (κ3) is 2.95. The maximum absolute atomic E-state index is 13.5. The smallest absolute Gasteiger partial charge is 0.335 e. The maximum Gasteiger partial charge on any atom is 0.335 e. The molecule has 1 aromatic rings. The molecule has 0 saturated heterocycles. The zero-order valence-electron chi connectivity index (χ0n) is 9.62. The second-order valence-electron chi connectivity index (χ2n) is 4.18. The van der Waals surface area contributed by atoms with Crippen molar-refractivity contribution in [3.63, 3.8) is 0 Å². The molecule has 0 aliphatic carbocycles. The van der Waals surface area contributed by atoms with Gasteiger partial charge >= 0.3 is 5.97 Å². The van der Waals surface area contributed by atoms with E-state index in [2.05, 4.69) is 5.32 Å². The summed E-state index contributed by atoms with van der Waals surface area (Å²) in [4.78, 5) is 10.6. The Morgan fingerprint density at radius 1 is 1.38 bits per heavy atom. The second kappa shape index (κ2) is 4.96. The molecular weight excluding hydrogens is 209 g/mol. The molecule has 1 atom stereocenters. The van der Waals surface area contributed by atoms with Crippen molar-refractivity contribution in [2.24, 2.45) is 5.92 Å². The summed E-state index contributed by atoms with van der Waals surface area (Å²) in [6, 6.07) is 4.00. The Morgan fingerprint density at radius 3 is 2.44 bits per heavy atom. The van der Waals surface area contributed by atoms with Crippen LogP contribution in [0.1, 0.15) is 31.1 Å². The molecule has 1 rings (SSSR count). The van der Waals surface area contributed by atoms with Gasteiger partial charge in [-0.2, -0.15) is 0 Å². The lowest BCUT2D eigenvalue weighted by molar-refractivity contribution is 0.0696. The van der Waals surface area contributed by atoms with Crippen LogP contribution in [0.5, 0.6) is 0 Å². The van der Waals surface area contributed by atoms with Gasteiger partial charge in [-0.1, -0.05) is 13.8 Å². The predicted molar refractivity (Wildman–Crippen MR) is 61.3 cm³/mol. The van der Waals surface area contributed by atoms with Crippen molar-refractivity contribution in [1.82, 2.24) is 0 Å². The third-order valence-electron chi connectivity index (χ3n) is 2.60. The first-order valence-corrected chi connectivity index (χ1v) is 5.21. The molecule has 0 heterocycles. The van der Waals surface area contributed by atoms with E-state index in [1.54, 1.807) is 0 Å². The molecule has 2 N–H and O–H groups in total. The fourth-order valence-corrected chi connectivity index (χ4v) is 1.18. The van der Waals surface area contributed by atoms with Crippen LogP contribution < -0.4 is 5.32 Å². The van der Waals surface area contributed by atoms with Gasteiger partial charge in [-0.05, 0) is 31.0 Å². The minimum Gasteiger partial charge on any atom is -0.478 e. The highest BCUT2D eigenvalue weighted by Gasteiger charge is 2.11. The number of benzene rings is 1. The van der Waals surface area contributed by atoms with E-state index in [-0.39, 0.29) is 11.6 Å². The van der Waals surface area contributed by atoms with Crippen LogP contribution in [0.15, 0.2) is 18.2 Å². The van der Waals surface area contributed by atoms with Crippen molar-refractivity contribution in [3.8, 4) is 0 Å². The lowest BCUT2D eigenvalue weighted by Crippen LogP contribution is -2.22. The Labute approximate surface area is 94.3 Å². The molecule has 1 unspecified atom stereocenters. The zero-order chi connectivity index (χ0) is 12.3. The van der Waals surface area contributed by atoms with Crippen molar-refractivity contribution in [2.75, 3.05) is 5.32 Å². The van der Waals surface area contributed by atoms with Crippen molar-refractivity contribution in [2.45, 2.75) is 26.8 Å². The highest BCUT2D eigenvalue weighted by molar-refractivity contribution is 5.88. The van der Waals surface area contributed by atoms with Crippen LogP contribution in [-0.4, -0.2) is 17.1 Å². The van der Waals surface area contributed by atoms with Gasteiger partial charge in [0.1, 0.15) is 5.82 Å². The lowest BCUT2D eigenvalue weighted by atomic mass is 10.1. The molecule has 0 spiro atoms. The molecule has 0 bridgehead atoms. The topological polar surface area (TPSA) is 49.3 Å². The number of nitrogens with one attached hydrogen (secondary N) is 1. The SMILES string of the molecule is CC(C)C(C)Nc1ccc(C(=O)O)cc1F. The second-order valence-corrected chi connectivity index (χ2v) is 4.18. The van der Waals surface area contributed by atoms with E-state index in [0.29, 0.717) is 11.6 Å². The van der Waals surface area contributed by atoms with Crippen molar-refractivity contribution >= 4 is 11.7 Å². The Balaban J connectivity index is 2.87. The van der Waals surface area contributed by atoms with Gasteiger partial charge in [0.2, 0.25) is 0 Å². The van der Waals surface area contributed by atoms with Crippen molar-refractivity contribution in [3.05, 3.63) is 29.6 Å². The molecule has 0 saturated carbocycles. The Morgan fingerprint density at radius 2 is 2.00 bits per heavy atom. The van der Waals surface area contributed by atoms with Crippen LogP contribution in [-0.2, 0) is 0 Å². The van der Waals surface area contributed by atoms with Gasteiger partial charge in [0.15, 0.2) is 0 Å². The van der Waals surface area contributed by atoms with Gasteiger partial charge in [0.05, 0.1) is 11.3 Å². The number of anilines is 1. The first-order valence-electron chi connectivity index (χ1n) is 5.21. The largest absolute Gasteiger partial charge is 0.478 e. The summed E-state index contributed by atoms with van der Waals surface area (Å²) in [6.45, 7) is 6.01. The van der Waals surface area contributed by atoms with E-state index in [0.717, 1.165) is 6.07 Å². The normalized spacial score (nSPS) is 12.6. The number of hydrogen-bond donors (Lipinski definition) is 2. The lowest BCUT2D eigenvalue weighted by Gasteiger charge is -2.19. The molecule has 1 aromatic carbocycles. The van der Waals surface area contributed by atoms with Gasteiger partial charge in [-0.25, -0.2) is 9.18 Å². The number of aromatic carboxylic acids is 1. The Kier molecular flexibility index (Phi) is 3.88. The van der Waals surface area contributed by atoms with E-state index in [1.807, 2.05) is 20.8 Å². The van der Waals surface area contributed by atoms with Crippen molar-refractivity contribution in [1.29, 1.82) is 0 Å². The average Bonchev–Trinajstić information content (AvgIpc) is 2.20. The van der Waals surface area contributed by atoms with Gasteiger partial charge in [-0.3, -0.25) is 0 Å². The average molecular weight is 225 g/mol. The minimum absolute atomic E-state index is 0.0414. The Bertz CT molecular complexity index is 391. The fraction of sp³-hybridized carbons (Fsp3) is 0.417. The number of halogens is 1. The highest BCUT2D eigenvalue weighted by Crippen LogP contribution is 2.18. The summed E-state index contributed by atoms with van der Waals surface area (Å²) < 4.78 is 13.5. The molecule has 0 aliphatic rings. The standard InChI is InChI=1S/C12H16FNO2/c1-7(2)8(3)14-11-5-4-9(12(15)16)6-10(11)13/h4-8,14H,1-3H3,(H,15,16). The number of carboxylic acids is 1. The fourth-order valence-electron chi connectivity index (χ4n) is 1.18. The van der Waals surface area contributed by atoms with Gasteiger partial charge < -0.3 is 10.4 Å². The summed E-state index contributed by atoms with van der Waals surface area (Å²) >= 11 is 0. The first-order chi connectivity index (χ1) is 7.41. The third-order valence-corrected chi connectivity index (χ3v) is 2.60. The molecule has 4 heteroatoms. The number of carboxylic acid groups (broad SMARTS) is 1. The molecule has 88 valence electrons. The maximum atomic E-state index is 13.5. The number of carbonyl (C=O) groups is 1. The molecule has 0 aromatic heterocycles. The summed E-state index contributed by atoms with van der Waals surface area (Å²) in [5, 5.41) is 11.7. The van der Waals surface area contributed by atoms with Crippen LogP contribution in [0.3, 0.4) is 0 Å². The van der Waals surface area contributed by atoms with Gasteiger partial charge in [-0.15, -0.1) is 0 Å². The van der Waals surface area contributed by atoms with E-state index >= 15 is 0 Å². The zero-order valence-corrected chi connectivity index (χ0v) is 9.62. The molecule has 0 aliphatic heterocycles. The molecule has 0 amide bonds. The van der Waals surface area contributed by atoms with Crippen LogP contribution in [0, 0.1) is 11.7 Å². The van der Waals surface area contributed by atoms with Gasteiger partial charge in [0, 0.05) is 6.04 Å². The van der Waals surface area contributed by atoms with Crippen LogP contribution >= 0.6 is 0 Å². The van der Waals surface area contributed by atoms with E-state index in [1.165, 1.54) is 12.1 Å². The van der Waals surface area contributed by atoms with Gasteiger partial charge in [0.25, 0.3) is 0 Å². The van der Waals surface area contributed by atoms with E-state index < -0.39 is 11.8 Å². The van der Waals surface area contributed by atoms with Crippen LogP contribution in [0.4, 0.5) is 10.1 Å². The van der Waals surface area contributed by atoms with E-state index in [9.17, 15) is 9.18 Å². The molecule has 16 heavy (non-hydrogen) atoms. The van der Waals surface area contributed by atoms with E-state index in [4.69, 9.17) is 5.11 Å². The quantitative estimate of drug-likeness (QED) is 0.828. The molecule has 0 fully saturated rings. The predicted octanol–water partition coefficient (Wildman–Crippen LogP) is 2.98. The summed E-state index contributed by atoms with van der Waals surface area (Å²) in [5.74, 6) is -1.28. The first kappa shape index (κ1) is 12.5. The number of rotatable bonds is 4. The summed E-state index contributed by atoms with van der Waals surface area (Å²) in [6.07, 6.45) is 0. The molecular formula is C12H16FNO2. The highest BCUT2D eigenvalue weighted by atomic mass is 19.1. The molecule has 0 radical (unpaired) electrons.